The number of hydrogen-bond donors (Lipinski definition) is 6. The van der Waals surface area contributed by atoms with Gasteiger partial charge in [0.1, 0.15) is 12.6 Å². The lowest BCUT2D eigenvalue weighted by Gasteiger charge is -2.27. The van der Waals surface area contributed by atoms with E-state index in [1.54, 1.807) is 60.7 Å². The molecule has 0 unspecified atom stereocenters. The van der Waals surface area contributed by atoms with Gasteiger partial charge in [-0.2, -0.15) is 0 Å². The summed E-state index contributed by atoms with van der Waals surface area (Å²) in [5, 5.41) is 5.71. The van der Waals surface area contributed by atoms with Crippen molar-refractivity contribution in [3.8, 4) is 0 Å². The van der Waals surface area contributed by atoms with Crippen molar-refractivity contribution in [2.24, 2.45) is 27.9 Å². The molecular formula is C28H40N8O4. The van der Waals surface area contributed by atoms with Crippen LogP contribution in [-0.2, 0) is 14.4 Å². The number of aliphatic imine (C=N–C) groups is 1. The number of amides is 4. The molecule has 10 N–H and O–H groups in total. The Morgan fingerprint density at radius 1 is 0.825 bits per heavy atom. The van der Waals surface area contributed by atoms with Gasteiger partial charge in [0.2, 0.25) is 17.7 Å². The van der Waals surface area contributed by atoms with Gasteiger partial charge >= 0.3 is 0 Å². The average Bonchev–Trinajstić information content (AvgIpc) is 2.93. The van der Waals surface area contributed by atoms with Crippen LogP contribution in [0.25, 0.3) is 0 Å². The quantitative estimate of drug-likeness (QED) is 0.0920. The number of nitrogens with zero attached hydrogens (tertiary/aromatic N) is 2. The summed E-state index contributed by atoms with van der Waals surface area (Å²) in [6.07, 6.45) is 2.47. The van der Waals surface area contributed by atoms with Gasteiger partial charge < -0.3 is 38.5 Å². The second-order valence-electron chi connectivity index (χ2n) is 9.32. The monoisotopic (exact) mass is 552 g/mol. The largest absolute Gasteiger partial charge is 0.370 e. The molecule has 216 valence electrons. The zero-order valence-electron chi connectivity index (χ0n) is 22.6. The van der Waals surface area contributed by atoms with Gasteiger partial charge in [-0.25, -0.2) is 0 Å². The third-order valence-electron chi connectivity index (χ3n) is 6.06. The molecule has 0 spiro atoms. The third-order valence-corrected chi connectivity index (χ3v) is 6.06. The number of unbranched alkanes of at least 4 members (excludes halogenated alkanes) is 1. The summed E-state index contributed by atoms with van der Waals surface area (Å²) in [4.78, 5) is 56.6. The SMILES string of the molecule is NCCCC[C@@H](CC(=O)N(CC(N)=O)c1ccccc1)NC(=O)[C@H](CCCN=C(N)N)NC(=O)c1ccccc1. The number of rotatable bonds is 17. The van der Waals surface area contributed by atoms with Crippen LogP contribution in [0.3, 0.4) is 0 Å². The van der Waals surface area contributed by atoms with E-state index >= 15 is 0 Å². The molecule has 2 aromatic rings. The Bertz CT molecular complexity index is 1120. The molecule has 0 saturated heterocycles. The number of nitrogens with two attached hydrogens (primary N) is 4. The predicted molar refractivity (Wildman–Crippen MR) is 155 cm³/mol. The minimum atomic E-state index is -0.898. The number of anilines is 1. The Hall–Kier alpha value is -4.45. The number of guanidine groups is 1. The minimum absolute atomic E-state index is 0.0632. The van der Waals surface area contributed by atoms with Gasteiger partial charge in [0.15, 0.2) is 5.96 Å². The molecule has 0 aliphatic rings. The number of primary amides is 1. The fourth-order valence-corrected chi connectivity index (χ4v) is 4.07. The lowest BCUT2D eigenvalue weighted by molar-refractivity contribution is -0.125. The first-order valence-electron chi connectivity index (χ1n) is 13.3. The fraction of sp³-hybridized carbons (Fsp3) is 0.393. The standard InChI is InChI=1S/C28H40N8O4/c29-16-8-7-12-21(18-25(38)36(19-24(30)37)22-13-5-2-6-14-22)34-27(40)23(15-9-17-33-28(31)32)35-26(39)20-10-3-1-4-11-20/h1-6,10-11,13-14,21,23H,7-9,12,15-19,29H2,(H2,30,37)(H,34,40)(H,35,39)(H4,31,32,33)/t21-,23-/m0/s1. The van der Waals surface area contributed by atoms with Crippen molar-refractivity contribution < 1.29 is 19.2 Å². The van der Waals surface area contributed by atoms with E-state index in [-0.39, 0.29) is 37.8 Å². The smallest absolute Gasteiger partial charge is 0.251 e. The van der Waals surface area contributed by atoms with Crippen molar-refractivity contribution in [3.63, 3.8) is 0 Å². The highest BCUT2D eigenvalue weighted by molar-refractivity contribution is 5.99. The summed E-state index contributed by atoms with van der Waals surface area (Å²) >= 11 is 0. The lowest BCUT2D eigenvalue weighted by Crippen LogP contribution is -2.51. The summed E-state index contributed by atoms with van der Waals surface area (Å²) in [6, 6.07) is 15.8. The molecule has 2 aromatic carbocycles. The van der Waals surface area contributed by atoms with Crippen LogP contribution in [0.5, 0.6) is 0 Å². The van der Waals surface area contributed by atoms with Crippen molar-refractivity contribution in [2.45, 2.75) is 50.6 Å². The Kier molecular flexibility index (Phi) is 13.7. The molecule has 40 heavy (non-hydrogen) atoms. The van der Waals surface area contributed by atoms with Crippen LogP contribution in [0.2, 0.25) is 0 Å². The van der Waals surface area contributed by atoms with Gasteiger partial charge in [0, 0.05) is 30.3 Å². The molecule has 0 aliphatic heterocycles. The summed E-state index contributed by atoms with van der Waals surface area (Å²) < 4.78 is 0. The van der Waals surface area contributed by atoms with Crippen LogP contribution in [-0.4, -0.2) is 61.3 Å². The van der Waals surface area contributed by atoms with E-state index in [2.05, 4.69) is 15.6 Å². The number of hydrogen-bond acceptors (Lipinski definition) is 6. The summed E-state index contributed by atoms with van der Waals surface area (Å²) in [5.74, 6) is -1.95. The topological polar surface area (TPSA) is 212 Å². The Morgan fingerprint density at radius 3 is 2.08 bits per heavy atom. The third kappa shape index (κ3) is 11.5. The predicted octanol–water partition coefficient (Wildman–Crippen LogP) is 0.361. The molecule has 2 atom stereocenters. The summed E-state index contributed by atoms with van der Waals surface area (Å²) in [7, 11) is 0. The Labute approximate surface area is 234 Å². The second kappa shape index (κ2) is 17.2. The fourth-order valence-electron chi connectivity index (χ4n) is 4.07. The lowest BCUT2D eigenvalue weighted by atomic mass is 10.0. The van der Waals surface area contributed by atoms with E-state index in [1.165, 1.54) is 4.90 Å². The first-order valence-corrected chi connectivity index (χ1v) is 13.3. The maximum absolute atomic E-state index is 13.4. The molecule has 4 amide bonds. The molecule has 0 radical (unpaired) electrons. The van der Waals surface area contributed by atoms with Gasteiger partial charge in [-0.1, -0.05) is 42.8 Å². The molecule has 0 bridgehead atoms. The van der Waals surface area contributed by atoms with Gasteiger partial charge in [-0.15, -0.1) is 0 Å². The molecule has 0 aliphatic carbocycles. The van der Waals surface area contributed by atoms with E-state index in [4.69, 9.17) is 22.9 Å². The highest BCUT2D eigenvalue weighted by atomic mass is 16.2. The van der Waals surface area contributed by atoms with Crippen LogP contribution in [0.1, 0.15) is 48.9 Å². The van der Waals surface area contributed by atoms with Crippen LogP contribution in [0.4, 0.5) is 5.69 Å². The van der Waals surface area contributed by atoms with Crippen LogP contribution >= 0.6 is 0 Å². The molecule has 0 fully saturated rings. The van der Waals surface area contributed by atoms with Crippen LogP contribution in [0, 0.1) is 0 Å². The normalized spacial score (nSPS) is 12.0. The highest BCUT2D eigenvalue weighted by Crippen LogP contribution is 2.17. The van der Waals surface area contributed by atoms with Crippen molar-refractivity contribution >= 4 is 35.3 Å². The van der Waals surface area contributed by atoms with E-state index in [1.807, 2.05) is 0 Å². The molecule has 0 saturated carbocycles. The van der Waals surface area contributed by atoms with Gasteiger partial charge in [-0.3, -0.25) is 24.2 Å². The number of carbonyl (C=O) groups excluding carboxylic acids is 4. The first-order chi connectivity index (χ1) is 19.2. The van der Waals surface area contributed by atoms with Gasteiger partial charge in [0.25, 0.3) is 5.91 Å². The van der Waals surface area contributed by atoms with Crippen molar-refractivity contribution in [2.75, 3.05) is 24.5 Å². The highest BCUT2D eigenvalue weighted by Gasteiger charge is 2.27. The zero-order valence-corrected chi connectivity index (χ0v) is 22.6. The number of para-hydroxylation sites is 1. The summed E-state index contributed by atoms with van der Waals surface area (Å²) in [6.45, 7) is 0.449. The zero-order chi connectivity index (χ0) is 29.3. The van der Waals surface area contributed by atoms with E-state index in [0.29, 0.717) is 43.5 Å². The molecule has 2 rings (SSSR count). The molecule has 0 heterocycles. The minimum Gasteiger partial charge on any atom is -0.370 e. The molecule has 12 nitrogen and oxygen atoms in total. The maximum Gasteiger partial charge on any atom is 0.251 e. The summed E-state index contributed by atoms with van der Waals surface area (Å²) in [5.41, 5.74) is 22.8. The van der Waals surface area contributed by atoms with Crippen molar-refractivity contribution in [1.29, 1.82) is 0 Å². The van der Waals surface area contributed by atoms with Gasteiger partial charge in [-0.05, 0) is 56.5 Å². The van der Waals surface area contributed by atoms with E-state index in [0.717, 1.165) is 0 Å². The van der Waals surface area contributed by atoms with Crippen LogP contribution in [0.15, 0.2) is 65.7 Å². The van der Waals surface area contributed by atoms with Crippen molar-refractivity contribution in [1.82, 2.24) is 10.6 Å². The van der Waals surface area contributed by atoms with Crippen LogP contribution < -0.4 is 38.5 Å². The molecule has 0 aromatic heterocycles. The second-order valence-corrected chi connectivity index (χ2v) is 9.32. The Balaban J connectivity index is 2.20. The van der Waals surface area contributed by atoms with Gasteiger partial charge in [0.05, 0.1) is 0 Å². The van der Waals surface area contributed by atoms with Crippen molar-refractivity contribution in [3.05, 3.63) is 66.2 Å². The average molecular weight is 553 g/mol. The molecular weight excluding hydrogens is 512 g/mol. The maximum atomic E-state index is 13.4. The molecule has 12 heteroatoms. The number of benzene rings is 2. The number of nitrogens with one attached hydrogen (secondary N) is 2. The first kappa shape index (κ1) is 31.8. The Morgan fingerprint density at radius 2 is 1.48 bits per heavy atom. The van der Waals surface area contributed by atoms with E-state index in [9.17, 15) is 19.2 Å². The number of carbonyl (C=O) groups is 4. The van der Waals surface area contributed by atoms with E-state index < -0.39 is 29.8 Å².